The van der Waals surface area contributed by atoms with Gasteiger partial charge in [0.15, 0.2) is 12.3 Å². The predicted molar refractivity (Wildman–Crippen MR) is 239 cm³/mol. The van der Waals surface area contributed by atoms with Gasteiger partial charge in [-0.15, -0.1) is 0 Å². The number of nitrogens with zero attached hydrogens (tertiary/aromatic N) is 10. The first-order chi connectivity index (χ1) is 33.6. The molecule has 2 atom stereocenters. The van der Waals surface area contributed by atoms with E-state index in [1.54, 1.807) is 0 Å². The Morgan fingerprint density at radius 3 is 1.13 bits per heavy atom. The largest absolute Gasteiger partial charge is 0.468 e. The zero-order chi connectivity index (χ0) is 51.5. The van der Waals surface area contributed by atoms with E-state index < -0.39 is 142 Å². The van der Waals surface area contributed by atoms with E-state index in [0.29, 0.717) is 33.5 Å². The van der Waals surface area contributed by atoms with Crippen molar-refractivity contribution in [3.05, 3.63) is 62.9 Å². The van der Waals surface area contributed by atoms with E-state index in [9.17, 15) is 57.8 Å². The highest BCUT2D eigenvalue weighted by Crippen LogP contribution is 2.35. The maximum absolute atomic E-state index is 14.1. The maximum Gasteiger partial charge on any atom is 0.337 e. The summed E-state index contributed by atoms with van der Waals surface area (Å²) in [5.41, 5.74) is -7.72. The summed E-state index contributed by atoms with van der Waals surface area (Å²) < 4.78 is 40.2. The number of amides is 4. The van der Waals surface area contributed by atoms with E-state index in [2.05, 4.69) is 4.74 Å². The van der Waals surface area contributed by atoms with Crippen LogP contribution in [0.15, 0.2) is 28.8 Å². The second kappa shape index (κ2) is 27.7. The van der Waals surface area contributed by atoms with E-state index in [-0.39, 0.29) is 40.5 Å². The first kappa shape index (κ1) is 56.2. The van der Waals surface area contributed by atoms with Gasteiger partial charge < -0.3 is 38.3 Å². The van der Waals surface area contributed by atoms with Gasteiger partial charge in [0.2, 0.25) is 0 Å². The number of aliphatic hydroxyl groups excluding tert-OH is 1. The number of rotatable bonds is 32. The molecule has 2 aromatic rings. The molecule has 2 aromatic heterocycles. The smallest absolute Gasteiger partial charge is 0.337 e. The van der Waals surface area contributed by atoms with Crippen LogP contribution in [0.5, 0.6) is 0 Å². The Balaban J connectivity index is 1.54. The molecule has 29 heteroatoms. The lowest BCUT2D eigenvalue weighted by Crippen LogP contribution is -2.56. The summed E-state index contributed by atoms with van der Waals surface area (Å²) in [6, 6.07) is -0.996. The van der Waals surface area contributed by atoms with Crippen molar-refractivity contribution in [1.29, 1.82) is 0 Å². The predicted octanol–water partition coefficient (Wildman–Crippen LogP) is -2.95. The van der Waals surface area contributed by atoms with Crippen molar-refractivity contribution in [3.8, 4) is 0 Å². The third-order valence-corrected chi connectivity index (χ3v) is 10.9. The molecule has 4 heterocycles. The Hall–Kier alpha value is -6.43. The Morgan fingerprint density at radius 1 is 0.443 bits per heavy atom. The molecule has 2 fully saturated rings. The lowest BCUT2D eigenvalue weighted by Gasteiger charge is -2.29. The molecule has 70 heavy (non-hydrogen) atoms. The van der Waals surface area contributed by atoms with Crippen molar-refractivity contribution < 1.29 is 62.2 Å². The van der Waals surface area contributed by atoms with Crippen molar-refractivity contribution in [1.82, 2.24) is 47.0 Å². The molecule has 2 aliphatic heterocycles. The van der Waals surface area contributed by atoms with Gasteiger partial charge >= 0.3 is 64.1 Å². The number of fused-ring (bicyclic) bond motifs is 1. The van der Waals surface area contributed by atoms with Crippen molar-refractivity contribution in [3.63, 3.8) is 0 Å². The van der Waals surface area contributed by atoms with Crippen LogP contribution in [0, 0.1) is 0 Å². The summed E-state index contributed by atoms with van der Waals surface area (Å²) in [5, 5.41) is 9.68. The number of aliphatic hydroxyl groups is 1. The fourth-order valence-corrected chi connectivity index (χ4v) is 7.24. The minimum Gasteiger partial charge on any atom is -0.468 e. The number of carbonyl (C=O) groups is 5. The number of carbonyl (C=O) groups excluding carboxylic acids is 5. The maximum atomic E-state index is 14.1. The average molecular weight is 1000 g/mol. The van der Waals surface area contributed by atoms with Gasteiger partial charge in [0, 0.05) is 19.8 Å². The minimum atomic E-state index is -1.43. The highest BCUT2D eigenvalue weighted by atomic mass is 16.5. The van der Waals surface area contributed by atoms with Gasteiger partial charge in [-0.2, -0.15) is 0 Å². The van der Waals surface area contributed by atoms with Gasteiger partial charge in [-0.25, -0.2) is 65.8 Å². The molecule has 0 bridgehead atoms. The van der Waals surface area contributed by atoms with E-state index in [1.165, 1.54) is 26.5 Å². The molecule has 2 aliphatic rings. The summed E-state index contributed by atoms with van der Waals surface area (Å²) in [7, 11) is 0.966. The fourth-order valence-electron chi connectivity index (χ4n) is 7.24. The number of aromatic nitrogens is 6. The second-order valence-corrected chi connectivity index (χ2v) is 15.7. The molecule has 0 aliphatic carbocycles. The number of unbranched alkanes of at least 4 members (excludes halogenated alkanes) is 3. The van der Waals surface area contributed by atoms with Crippen molar-refractivity contribution in [2.45, 2.75) is 118 Å². The summed E-state index contributed by atoms with van der Waals surface area (Å²) in [6.45, 7) is 0.765. The zero-order valence-electron chi connectivity index (χ0n) is 40.2. The van der Waals surface area contributed by atoms with E-state index in [4.69, 9.17) is 28.4 Å². The summed E-state index contributed by atoms with van der Waals surface area (Å²) in [4.78, 5) is 151. The van der Waals surface area contributed by atoms with Gasteiger partial charge in [0.25, 0.3) is 0 Å². The van der Waals surface area contributed by atoms with Crippen LogP contribution in [-0.2, 0) is 86.8 Å². The first-order valence-corrected chi connectivity index (χ1v) is 23.0. The van der Waals surface area contributed by atoms with Gasteiger partial charge in [-0.1, -0.05) is 40.0 Å². The summed E-state index contributed by atoms with van der Waals surface area (Å²) in [5.74, 6) is -3.43. The molecule has 2 unspecified atom stereocenters. The molecular weight excluding hydrogens is 937 g/mol. The Kier molecular flexibility index (Phi) is 22.2. The van der Waals surface area contributed by atoms with Gasteiger partial charge in [0.1, 0.15) is 53.2 Å². The van der Waals surface area contributed by atoms with E-state index in [1.807, 2.05) is 20.8 Å². The molecule has 0 spiro atoms. The van der Waals surface area contributed by atoms with Crippen LogP contribution < -0.4 is 34.1 Å². The summed E-state index contributed by atoms with van der Waals surface area (Å²) >= 11 is 0. The normalized spacial score (nSPS) is 15.6. The minimum absolute atomic E-state index is 0.120. The van der Waals surface area contributed by atoms with Crippen molar-refractivity contribution in [2.24, 2.45) is 0 Å². The Labute approximate surface area is 399 Å². The third kappa shape index (κ3) is 13.7. The molecule has 29 nitrogen and oxygen atoms in total. The highest BCUT2D eigenvalue weighted by molar-refractivity contribution is 5.85. The van der Waals surface area contributed by atoms with Crippen LogP contribution in [0.25, 0.3) is 0 Å². The monoisotopic (exact) mass is 1000 g/mol. The van der Waals surface area contributed by atoms with Gasteiger partial charge in [0.05, 0.1) is 46.6 Å². The molecule has 0 aromatic carbocycles. The Bertz CT molecular complexity index is 2480. The molecule has 392 valence electrons. The zero-order valence-corrected chi connectivity index (χ0v) is 40.2. The lowest BCUT2D eigenvalue weighted by molar-refractivity contribution is -0.145. The van der Waals surface area contributed by atoms with E-state index in [0.717, 1.165) is 45.6 Å². The number of methoxy groups -OCH3 is 1. The first-order valence-electron chi connectivity index (χ1n) is 23.0. The number of hydrogen-bond donors (Lipinski definition) is 1. The Morgan fingerprint density at radius 2 is 0.771 bits per heavy atom. The van der Waals surface area contributed by atoms with Gasteiger partial charge in [-0.3, -0.25) is 34.0 Å². The molecule has 2 saturated heterocycles. The standard InChI is InChI=1S/C41H64N10O19/c1-6-10-17-65-25-48-32-33(50(40(48)62)27-67-19-12-8-3)51(41(63)49(32)26-66-18-11-7-2)28-68-20-14-43-34(56)42(13-16-52)35(57)44(36(43)58)15-21-70-31(55)24-47-38(60)45(22-29(53)64-5)37(59)46(39(47)61)23-30(54)69-9-4/h32-33,52H,6-28H2,1-5H3. The topological polar surface area (TPSA) is 315 Å². The fraction of sp³-hybridized carbons (Fsp3) is 0.732. The third-order valence-electron chi connectivity index (χ3n) is 10.9. The van der Waals surface area contributed by atoms with Crippen LogP contribution in [0.3, 0.4) is 0 Å². The molecule has 4 amide bonds. The molecule has 1 N–H and O–H groups in total. The molecule has 4 rings (SSSR count). The van der Waals surface area contributed by atoms with E-state index >= 15 is 0 Å². The van der Waals surface area contributed by atoms with Crippen LogP contribution in [0.4, 0.5) is 9.59 Å². The number of urea groups is 2. The van der Waals surface area contributed by atoms with Crippen LogP contribution in [0.1, 0.15) is 66.2 Å². The van der Waals surface area contributed by atoms with Crippen LogP contribution in [-0.4, -0.2) is 175 Å². The lowest BCUT2D eigenvalue weighted by atomic mass is 10.3. The van der Waals surface area contributed by atoms with Gasteiger partial charge in [-0.05, 0) is 26.2 Å². The SMILES string of the molecule is CCCCOCN1C(=O)N(COCCCC)C2C1N(COCCCC)C(=O)N2COCCn1c(=O)n(CCO)c(=O)n(CCOC(=O)Cn2c(=O)n(CC(=O)OC)c(=O)n(CC(=O)OCC)c2=O)c1=O. The van der Waals surface area contributed by atoms with Crippen LogP contribution in [0.2, 0.25) is 0 Å². The van der Waals surface area contributed by atoms with Crippen LogP contribution >= 0.6 is 0 Å². The number of esters is 3. The van der Waals surface area contributed by atoms with Crippen molar-refractivity contribution in [2.75, 3.05) is 80.3 Å². The quantitative estimate of drug-likeness (QED) is 0.0435. The highest BCUT2D eigenvalue weighted by Gasteiger charge is 2.59. The second-order valence-electron chi connectivity index (χ2n) is 15.7. The molecule has 0 saturated carbocycles. The number of hydrogen-bond acceptors (Lipinski definition) is 19. The number of ether oxygens (including phenoxy) is 7. The molecular formula is C41H64N10O19. The average Bonchev–Trinajstić information content (AvgIpc) is 3.75. The summed E-state index contributed by atoms with van der Waals surface area (Å²) in [6.07, 6.45) is 2.95. The molecule has 0 radical (unpaired) electrons. The van der Waals surface area contributed by atoms with Crippen molar-refractivity contribution >= 4 is 30.0 Å².